The Morgan fingerprint density at radius 2 is 2.13 bits per heavy atom. The molecule has 0 bridgehead atoms. The Labute approximate surface area is 133 Å². The van der Waals surface area contributed by atoms with Crippen molar-refractivity contribution in [1.82, 2.24) is 19.6 Å². The van der Waals surface area contributed by atoms with Crippen molar-refractivity contribution in [1.29, 1.82) is 0 Å². The molecule has 0 saturated heterocycles. The van der Waals surface area contributed by atoms with Crippen LogP contribution in [0, 0.1) is 5.92 Å². The Balaban J connectivity index is 1.54. The third kappa shape index (κ3) is 3.06. The lowest BCUT2D eigenvalue weighted by atomic mass is 10.2. The van der Waals surface area contributed by atoms with E-state index in [1.807, 2.05) is 36.4 Å². The van der Waals surface area contributed by atoms with Gasteiger partial charge >= 0.3 is 0 Å². The molecule has 1 aliphatic carbocycles. The second kappa shape index (κ2) is 5.79. The monoisotopic (exact) mass is 307 g/mol. The van der Waals surface area contributed by atoms with Crippen LogP contribution in [0.25, 0.3) is 5.65 Å². The molecule has 116 valence electrons. The van der Waals surface area contributed by atoms with E-state index in [0.717, 1.165) is 30.0 Å². The van der Waals surface area contributed by atoms with Crippen LogP contribution in [0.5, 0.6) is 0 Å². The minimum Gasteiger partial charge on any atom is -0.364 e. The number of hydrogen-bond donors (Lipinski definition) is 1. The van der Waals surface area contributed by atoms with Gasteiger partial charge in [-0.1, -0.05) is 12.1 Å². The molecule has 1 aliphatic rings. The molecule has 0 aromatic carbocycles. The predicted molar refractivity (Wildman–Crippen MR) is 86.0 cm³/mol. The third-order valence-electron chi connectivity index (χ3n) is 3.95. The SMILES string of the molecule is O=C(Cc1nc2cccc(NCc3ccccn3)n2n1)C1CC1. The van der Waals surface area contributed by atoms with E-state index in [-0.39, 0.29) is 11.7 Å². The van der Waals surface area contributed by atoms with Crippen molar-refractivity contribution in [2.75, 3.05) is 5.32 Å². The van der Waals surface area contributed by atoms with Crippen molar-refractivity contribution >= 4 is 17.2 Å². The Hall–Kier alpha value is -2.76. The van der Waals surface area contributed by atoms with Gasteiger partial charge in [-0.15, -0.1) is 5.10 Å². The molecule has 0 spiro atoms. The fourth-order valence-corrected chi connectivity index (χ4v) is 2.55. The summed E-state index contributed by atoms with van der Waals surface area (Å²) < 4.78 is 1.75. The van der Waals surface area contributed by atoms with Crippen LogP contribution < -0.4 is 5.32 Å². The van der Waals surface area contributed by atoms with Gasteiger partial charge in [0, 0.05) is 12.1 Å². The molecule has 6 nitrogen and oxygen atoms in total. The van der Waals surface area contributed by atoms with Crippen molar-refractivity contribution in [3.8, 4) is 0 Å². The molecule has 6 heteroatoms. The second-order valence-electron chi connectivity index (χ2n) is 5.80. The van der Waals surface area contributed by atoms with E-state index in [0.29, 0.717) is 18.8 Å². The molecule has 0 aliphatic heterocycles. The fraction of sp³-hybridized carbons (Fsp3) is 0.294. The highest BCUT2D eigenvalue weighted by atomic mass is 16.1. The molecule has 1 fully saturated rings. The van der Waals surface area contributed by atoms with Gasteiger partial charge in [0.25, 0.3) is 0 Å². The van der Waals surface area contributed by atoms with Crippen molar-refractivity contribution in [3.05, 3.63) is 54.1 Å². The molecule has 0 atom stereocenters. The Bertz CT molecular complexity index is 839. The van der Waals surface area contributed by atoms with E-state index in [4.69, 9.17) is 0 Å². The number of rotatable bonds is 6. The number of pyridine rings is 2. The largest absolute Gasteiger partial charge is 0.364 e. The van der Waals surface area contributed by atoms with Crippen molar-refractivity contribution in [2.45, 2.75) is 25.8 Å². The zero-order valence-corrected chi connectivity index (χ0v) is 12.6. The summed E-state index contributed by atoms with van der Waals surface area (Å²) in [5.41, 5.74) is 1.70. The van der Waals surface area contributed by atoms with Crippen LogP contribution in [0.2, 0.25) is 0 Å². The lowest BCUT2D eigenvalue weighted by Gasteiger charge is -2.07. The lowest BCUT2D eigenvalue weighted by molar-refractivity contribution is -0.119. The number of carbonyl (C=O) groups excluding carboxylic acids is 1. The van der Waals surface area contributed by atoms with Gasteiger partial charge < -0.3 is 5.32 Å². The standard InChI is InChI=1S/C17H17N5O/c23-14(12-7-8-12)10-15-20-17-6-3-5-16(22(17)21-15)19-11-13-4-1-2-9-18-13/h1-6,9,12,19H,7-8,10-11H2. The van der Waals surface area contributed by atoms with Crippen LogP contribution in [0.1, 0.15) is 24.4 Å². The predicted octanol–water partition coefficient (Wildman–Crippen LogP) is 2.26. The molecule has 0 unspecified atom stereocenters. The molecule has 0 amide bonds. The highest BCUT2D eigenvalue weighted by Gasteiger charge is 2.30. The van der Waals surface area contributed by atoms with Gasteiger partial charge in [0.05, 0.1) is 18.7 Å². The summed E-state index contributed by atoms with van der Waals surface area (Å²) in [6.07, 6.45) is 4.13. The highest BCUT2D eigenvalue weighted by molar-refractivity contribution is 5.84. The summed E-state index contributed by atoms with van der Waals surface area (Å²) >= 11 is 0. The van der Waals surface area contributed by atoms with Gasteiger partial charge in [-0.3, -0.25) is 9.78 Å². The zero-order chi connectivity index (χ0) is 15.6. The Kier molecular flexibility index (Phi) is 3.49. The summed E-state index contributed by atoms with van der Waals surface area (Å²) in [6, 6.07) is 11.6. The van der Waals surface area contributed by atoms with E-state index >= 15 is 0 Å². The van der Waals surface area contributed by atoms with Crippen LogP contribution in [-0.2, 0) is 17.8 Å². The summed E-state index contributed by atoms with van der Waals surface area (Å²) in [4.78, 5) is 20.7. The second-order valence-corrected chi connectivity index (χ2v) is 5.80. The first kappa shape index (κ1) is 13.9. The van der Waals surface area contributed by atoms with Crippen LogP contribution in [0.15, 0.2) is 42.6 Å². The van der Waals surface area contributed by atoms with Crippen LogP contribution in [0.4, 0.5) is 5.82 Å². The first-order chi connectivity index (χ1) is 11.3. The Morgan fingerprint density at radius 3 is 2.91 bits per heavy atom. The van der Waals surface area contributed by atoms with Gasteiger partial charge in [0.1, 0.15) is 11.6 Å². The minimum absolute atomic E-state index is 0.239. The number of anilines is 1. The van der Waals surface area contributed by atoms with Gasteiger partial charge in [0.15, 0.2) is 11.5 Å². The number of Topliss-reactive ketones (excluding diaryl/α,β-unsaturated/α-hetero) is 1. The van der Waals surface area contributed by atoms with E-state index < -0.39 is 0 Å². The van der Waals surface area contributed by atoms with Crippen LogP contribution in [-0.4, -0.2) is 25.4 Å². The molecule has 3 aromatic heterocycles. The van der Waals surface area contributed by atoms with E-state index in [1.54, 1.807) is 10.7 Å². The molecule has 3 heterocycles. The summed E-state index contributed by atoms with van der Waals surface area (Å²) in [5.74, 6) is 1.92. The number of aromatic nitrogens is 4. The fourth-order valence-electron chi connectivity index (χ4n) is 2.55. The van der Waals surface area contributed by atoms with Crippen molar-refractivity contribution in [3.63, 3.8) is 0 Å². The number of nitrogens with zero attached hydrogens (tertiary/aromatic N) is 4. The summed E-state index contributed by atoms with van der Waals surface area (Å²) in [7, 11) is 0. The first-order valence-electron chi connectivity index (χ1n) is 7.81. The lowest BCUT2D eigenvalue weighted by Crippen LogP contribution is -2.07. The molecule has 1 saturated carbocycles. The molecule has 1 N–H and O–H groups in total. The number of fused-ring (bicyclic) bond motifs is 1. The maximum Gasteiger partial charge on any atom is 0.159 e. The average Bonchev–Trinajstić information content (AvgIpc) is 3.34. The maximum absolute atomic E-state index is 11.9. The maximum atomic E-state index is 11.9. The topological polar surface area (TPSA) is 72.2 Å². The number of hydrogen-bond acceptors (Lipinski definition) is 5. The van der Waals surface area contributed by atoms with Crippen LogP contribution >= 0.6 is 0 Å². The molecule has 0 radical (unpaired) electrons. The van der Waals surface area contributed by atoms with E-state index in [2.05, 4.69) is 20.4 Å². The first-order valence-corrected chi connectivity index (χ1v) is 7.81. The molecule has 23 heavy (non-hydrogen) atoms. The molecular weight excluding hydrogens is 290 g/mol. The summed E-state index contributed by atoms with van der Waals surface area (Å²) in [5, 5.41) is 7.80. The van der Waals surface area contributed by atoms with E-state index in [9.17, 15) is 4.79 Å². The number of carbonyl (C=O) groups is 1. The Morgan fingerprint density at radius 1 is 1.22 bits per heavy atom. The minimum atomic E-state index is 0.239. The molecule has 4 rings (SSSR count). The smallest absolute Gasteiger partial charge is 0.159 e. The van der Waals surface area contributed by atoms with E-state index in [1.165, 1.54) is 0 Å². The highest BCUT2D eigenvalue weighted by Crippen LogP contribution is 2.30. The number of ketones is 1. The van der Waals surface area contributed by atoms with Gasteiger partial charge in [-0.05, 0) is 37.1 Å². The summed E-state index contributed by atoms with van der Waals surface area (Å²) in [6.45, 7) is 0.607. The normalized spacial score (nSPS) is 14.1. The van der Waals surface area contributed by atoms with Gasteiger partial charge in [-0.25, -0.2) is 4.98 Å². The van der Waals surface area contributed by atoms with Crippen molar-refractivity contribution in [2.24, 2.45) is 5.92 Å². The van der Waals surface area contributed by atoms with Crippen molar-refractivity contribution < 1.29 is 4.79 Å². The zero-order valence-electron chi connectivity index (χ0n) is 12.6. The molecular formula is C17H17N5O. The quantitative estimate of drug-likeness (QED) is 0.756. The molecule has 3 aromatic rings. The van der Waals surface area contributed by atoms with Crippen LogP contribution in [0.3, 0.4) is 0 Å². The van der Waals surface area contributed by atoms with Gasteiger partial charge in [0.2, 0.25) is 0 Å². The third-order valence-corrected chi connectivity index (χ3v) is 3.95. The van der Waals surface area contributed by atoms with Gasteiger partial charge in [-0.2, -0.15) is 4.52 Å². The average molecular weight is 307 g/mol. The number of nitrogens with one attached hydrogen (secondary N) is 1.